The molecule has 2 rings (SSSR count). The number of aliphatic hydroxyl groups is 1. The highest BCUT2D eigenvalue weighted by Crippen LogP contribution is 2.31. The number of benzene rings is 1. The number of nitro benzene ring substituents is 1. The Bertz CT molecular complexity index is 452. The zero-order chi connectivity index (χ0) is 13.1. The summed E-state index contributed by atoms with van der Waals surface area (Å²) in [7, 11) is 0. The van der Waals surface area contributed by atoms with Crippen molar-refractivity contribution in [2.45, 2.75) is 37.9 Å². The van der Waals surface area contributed by atoms with E-state index in [0.717, 1.165) is 31.0 Å². The van der Waals surface area contributed by atoms with E-state index in [0.29, 0.717) is 12.8 Å². The predicted molar refractivity (Wildman–Crippen MR) is 61.9 cm³/mol. The fourth-order valence-corrected chi connectivity index (χ4v) is 2.11. The van der Waals surface area contributed by atoms with Crippen molar-refractivity contribution >= 4 is 5.69 Å². The molecule has 0 radical (unpaired) electrons. The number of hydrogen-bond donors (Lipinski definition) is 1. The molecule has 98 valence electrons. The van der Waals surface area contributed by atoms with Gasteiger partial charge in [-0.3, -0.25) is 10.1 Å². The highest BCUT2D eigenvalue weighted by molar-refractivity contribution is 5.46. The van der Waals surface area contributed by atoms with Gasteiger partial charge in [-0.15, -0.1) is 0 Å². The molecule has 1 N–H and O–H groups in total. The Morgan fingerprint density at radius 3 is 2.78 bits per heavy atom. The first-order valence-electron chi connectivity index (χ1n) is 5.86. The Morgan fingerprint density at radius 2 is 2.11 bits per heavy atom. The Labute approximate surface area is 103 Å². The molecule has 0 amide bonds. The Hall–Kier alpha value is -1.69. The summed E-state index contributed by atoms with van der Waals surface area (Å²) in [4.78, 5) is 10.2. The summed E-state index contributed by atoms with van der Waals surface area (Å²) in [6.07, 6.45) is 1.88. The van der Waals surface area contributed by atoms with Crippen LogP contribution in [0.5, 0.6) is 5.75 Å². The maximum absolute atomic E-state index is 13.1. The molecule has 0 unspecified atom stereocenters. The van der Waals surface area contributed by atoms with Gasteiger partial charge < -0.3 is 9.84 Å². The van der Waals surface area contributed by atoms with Gasteiger partial charge in [-0.1, -0.05) is 6.42 Å². The molecule has 1 aliphatic rings. The van der Waals surface area contributed by atoms with Gasteiger partial charge in [0.25, 0.3) is 0 Å². The maximum Gasteiger partial charge on any atom is 0.311 e. The maximum atomic E-state index is 13.1. The van der Waals surface area contributed by atoms with Gasteiger partial charge in [0.2, 0.25) is 0 Å². The Kier molecular flexibility index (Phi) is 3.76. The van der Waals surface area contributed by atoms with E-state index in [1.54, 1.807) is 0 Å². The second-order valence-electron chi connectivity index (χ2n) is 4.38. The second-order valence-corrected chi connectivity index (χ2v) is 4.38. The molecule has 18 heavy (non-hydrogen) atoms. The lowest BCUT2D eigenvalue weighted by atomic mass is 9.95. The fraction of sp³-hybridized carbons (Fsp3) is 0.500. The van der Waals surface area contributed by atoms with Crippen LogP contribution in [0.2, 0.25) is 0 Å². The SMILES string of the molecule is O=[N+]([O-])c1ccc(F)cc1O[C@@H]1CCCC[C@@H]1O. The Balaban J connectivity index is 2.21. The lowest BCUT2D eigenvalue weighted by molar-refractivity contribution is -0.386. The lowest BCUT2D eigenvalue weighted by Gasteiger charge is -2.27. The van der Waals surface area contributed by atoms with E-state index < -0.39 is 22.9 Å². The molecule has 1 aromatic carbocycles. The molecule has 1 saturated carbocycles. The third-order valence-corrected chi connectivity index (χ3v) is 3.06. The minimum atomic E-state index is -0.651. The van der Waals surface area contributed by atoms with E-state index in [4.69, 9.17) is 4.74 Å². The molecule has 5 nitrogen and oxygen atoms in total. The number of hydrogen-bond acceptors (Lipinski definition) is 4. The van der Waals surface area contributed by atoms with Crippen molar-refractivity contribution < 1.29 is 19.2 Å². The summed E-state index contributed by atoms with van der Waals surface area (Å²) in [6, 6.07) is 3.07. The first-order chi connectivity index (χ1) is 8.58. The smallest absolute Gasteiger partial charge is 0.311 e. The van der Waals surface area contributed by atoms with Crippen LogP contribution < -0.4 is 4.74 Å². The molecule has 2 atom stereocenters. The zero-order valence-corrected chi connectivity index (χ0v) is 9.71. The second kappa shape index (κ2) is 5.30. The van der Waals surface area contributed by atoms with Crippen LogP contribution in [0.3, 0.4) is 0 Å². The van der Waals surface area contributed by atoms with Crippen LogP contribution in [0.1, 0.15) is 25.7 Å². The van der Waals surface area contributed by atoms with Gasteiger partial charge >= 0.3 is 5.69 Å². The van der Waals surface area contributed by atoms with Crippen molar-refractivity contribution in [2.75, 3.05) is 0 Å². The fourth-order valence-electron chi connectivity index (χ4n) is 2.11. The summed E-state index contributed by atoms with van der Waals surface area (Å²) in [5, 5.41) is 20.5. The predicted octanol–water partition coefficient (Wildman–Crippen LogP) is 2.42. The van der Waals surface area contributed by atoms with Gasteiger partial charge in [0.15, 0.2) is 5.75 Å². The third kappa shape index (κ3) is 2.76. The number of aliphatic hydroxyl groups excluding tert-OH is 1. The molecule has 0 bridgehead atoms. The van der Waals surface area contributed by atoms with Gasteiger partial charge in [-0.05, 0) is 25.3 Å². The van der Waals surface area contributed by atoms with Gasteiger partial charge in [0, 0.05) is 12.1 Å². The molecular weight excluding hydrogens is 241 g/mol. The average molecular weight is 255 g/mol. The summed E-state index contributed by atoms with van der Waals surface area (Å²) in [6.45, 7) is 0. The normalized spacial score (nSPS) is 23.7. The molecule has 1 aliphatic carbocycles. The van der Waals surface area contributed by atoms with Crippen LogP contribution in [-0.4, -0.2) is 22.2 Å². The first kappa shape index (κ1) is 12.8. The van der Waals surface area contributed by atoms with E-state index in [-0.39, 0.29) is 11.4 Å². The van der Waals surface area contributed by atoms with Crippen LogP contribution in [0.15, 0.2) is 18.2 Å². The molecule has 0 aliphatic heterocycles. The van der Waals surface area contributed by atoms with E-state index in [9.17, 15) is 19.6 Å². The Morgan fingerprint density at radius 1 is 1.39 bits per heavy atom. The summed E-state index contributed by atoms with van der Waals surface area (Å²) < 4.78 is 18.5. The minimum absolute atomic E-state index is 0.119. The van der Waals surface area contributed by atoms with Gasteiger partial charge in [0.1, 0.15) is 11.9 Å². The van der Waals surface area contributed by atoms with Crippen molar-refractivity contribution in [3.63, 3.8) is 0 Å². The molecule has 1 fully saturated rings. The zero-order valence-electron chi connectivity index (χ0n) is 9.71. The standard InChI is InChI=1S/C12H14FNO4/c13-8-5-6-9(14(16)17)12(7-8)18-11-4-2-1-3-10(11)15/h5-7,10-11,15H,1-4H2/t10-,11+/m0/s1. The molecule has 0 saturated heterocycles. The number of rotatable bonds is 3. The lowest BCUT2D eigenvalue weighted by Crippen LogP contribution is -2.34. The van der Waals surface area contributed by atoms with Crippen molar-refractivity contribution in [1.82, 2.24) is 0 Å². The number of nitrogens with zero attached hydrogens (tertiary/aromatic N) is 1. The van der Waals surface area contributed by atoms with E-state index in [2.05, 4.69) is 0 Å². The van der Waals surface area contributed by atoms with Crippen molar-refractivity contribution in [3.05, 3.63) is 34.1 Å². The van der Waals surface area contributed by atoms with Crippen LogP contribution in [0.4, 0.5) is 10.1 Å². The van der Waals surface area contributed by atoms with E-state index in [1.165, 1.54) is 0 Å². The van der Waals surface area contributed by atoms with Crippen molar-refractivity contribution in [3.8, 4) is 5.75 Å². The number of halogens is 1. The number of ether oxygens (including phenoxy) is 1. The van der Waals surface area contributed by atoms with Crippen molar-refractivity contribution in [2.24, 2.45) is 0 Å². The number of nitro groups is 1. The quantitative estimate of drug-likeness (QED) is 0.665. The summed E-state index contributed by atoms with van der Waals surface area (Å²) >= 11 is 0. The van der Waals surface area contributed by atoms with Gasteiger partial charge in [-0.25, -0.2) is 4.39 Å². The average Bonchev–Trinajstić information content (AvgIpc) is 2.32. The molecule has 0 aromatic heterocycles. The van der Waals surface area contributed by atoms with Crippen LogP contribution in [0.25, 0.3) is 0 Å². The monoisotopic (exact) mass is 255 g/mol. The van der Waals surface area contributed by atoms with E-state index in [1.807, 2.05) is 0 Å². The van der Waals surface area contributed by atoms with Crippen LogP contribution in [0, 0.1) is 15.9 Å². The highest BCUT2D eigenvalue weighted by Gasteiger charge is 2.27. The van der Waals surface area contributed by atoms with Crippen molar-refractivity contribution in [1.29, 1.82) is 0 Å². The molecule has 0 spiro atoms. The van der Waals surface area contributed by atoms with Crippen LogP contribution in [-0.2, 0) is 0 Å². The molecular formula is C12H14FNO4. The first-order valence-corrected chi connectivity index (χ1v) is 5.86. The molecule has 1 aromatic rings. The largest absolute Gasteiger partial charge is 0.481 e. The van der Waals surface area contributed by atoms with Gasteiger partial charge in [0.05, 0.1) is 11.0 Å². The molecule has 0 heterocycles. The highest BCUT2D eigenvalue weighted by atomic mass is 19.1. The van der Waals surface area contributed by atoms with Crippen LogP contribution >= 0.6 is 0 Å². The third-order valence-electron chi connectivity index (χ3n) is 3.06. The molecule has 6 heteroatoms. The topological polar surface area (TPSA) is 72.6 Å². The minimum Gasteiger partial charge on any atom is -0.481 e. The summed E-state index contributed by atoms with van der Waals surface area (Å²) in [5.41, 5.74) is -0.283. The summed E-state index contributed by atoms with van der Waals surface area (Å²) in [5.74, 6) is -0.716. The van der Waals surface area contributed by atoms with E-state index >= 15 is 0 Å². The van der Waals surface area contributed by atoms with Gasteiger partial charge in [-0.2, -0.15) is 0 Å².